The molecular formula is C19H20N4O3. The van der Waals surface area contributed by atoms with Gasteiger partial charge in [0.15, 0.2) is 0 Å². The van der Waals surface area contributed by atoms with Gasteiger partial charge in [-0.2, -0.15) is 5.10 Å². The molecule has 0 saturated heterocycles. The van der Waals surface area contributed by atoms with Crippen molar-refractivity contribution < 1.29 is 14.3 Å². The number of carbonyl (C=O) groups is 1. The Hall–Kier alpha value is -3.35. The zero-order valence-corrected chi connectivity index (χ0v) is 14.9. The first-order valence-electron chi connectivity index (χ1n) is 8.05. The number of carbonyl (C=O) groups excluding carboxylic acids is 1. The summed E-state index contributed by atoms with van der Waals surface area (Å²) in [5.74, 6) is 0.876. The van der Waals surface area contributed by atoms with Crippen LogP contribution in [0.15, 0.2) is 48.9 Å². The van der Waals surface area contributed by atoms with E-state index in [2.05, 4.69) is 15.4 Å². The van der Waals surface area contributed by atoms with Crippen LogP contribution < -0.4 is 14.8 Å². The first kappa shape index (κ1) is 17.5. The Labute approximate surface area is 151 Å². The molecule has 2 aromatic heterocycles. The molecule has 0 aliphatic rings. The number of aromatic nitrogens is 3. The lowest BCUT2D eigenvalue weighted by Gasteiger charge is -2.11. The first-order chi connectivity index (χ1) is 12.6. The zero-order chi connectivity index (χ0) is 18.5. The van der Waals surface area contributed by atoms with E-state index in [0.29, 0.717) is 23.6 Å². The van der Waals surface area contributed by atoms with Crippen molar-refractivity contribution in [2.45, 2.75) is 6.54 Å². The molecule has 0 unspecified atom stereocenters. The minimum Gasteiger partial charge on any atom is -0.497 e. The lowest BCUT2D eigenvalue weighted by molar-refractivity contribution is 0.0948. The molecule has 0 fully saturated rings. The van der Waals surface area contributed by atoms with E-state index < -0.39 is 0 Å². The predicted molar refractivity (Wildman–Crippen MR) is 97.2 cm³/mol. The van der Waals surface area contributed by atoms with Crippen LogP contribution in [0.3, 0.4) is 0 Å². The standard InChI is InChI=1S/C19H20N4O3/c1-23-12-14(11-22-23)17-7-4-13(9-20-17)10-21-19(24)16-6-5-15(25-2)8-18(16)26-3/h4-9,11-12H,10H2,1-3H3,(H,21,24). The number of amides is 1. The molecular weight excluding hydrogens is 332 g/mol. The van der Waals surface area contributed by atoms with E-state index in [-0.39, 0.29) is 5.91 Å². The van der Waals surface area contributed by atoms with Crippen molar-refractivity contribution in [3.63, 3.8) is 0 Å². The Kier molecular flexibility index (Phi) is 5.17. The van der Waals surface area contributed by atoms with Gasteiger partial charge < -0.3 is 14.8 Å². The molecule has 1 amide bonds. The van der Waals surface area contributed by atoms with Crippen molar-refractivity contribution in [2.24, 2.45) is 7.05 Å². The lowest BCUT2D eigenvalue weighted by atomic mass is 10.1. The molecule has 0 aliphatic heterocycles. The summed E-state index contributed by atoms with van der Waals surface area (Å²) in [5, 5.41) is 7.01. The summed E-state index contributed by atoms with van der Waals surface area (Å²) in [7, 11) is 4.95. The second-order valence-corrected chi connectivity index (χ2v) is 5.70. The molecule has 1 aromatic carbocycles. The van der Waals surface area contributed by atoms with E-state index in [1.54, 1.807) is 42.4 Å². The Morgan fingerprint density at radius 2 is 2.00 bits per heavy atom. The highest BCUT2D eigenvalue weighted by Gasteiger charge is 2.13. The van der Waals surface area contributed by atoms with Gasteiger partial charge in [-0.25, -0.2) is 0 Å². The molecule has 1 N–H and O–H groups in total. The van der Waals surface area contributed by atoms with Crippen LogP contribution in [0.2, 0.25) is 0 Å². The van der Waals surface area contributed by atoms with Gasteiger partial charge in [-0.1, -0.05) is 6.07 Å². The number of hydrogen-bond acceptors (Lipinski definition) is 5. The minimum absolute atomic E-state index is 0.221. The molecule has 26 heavy (non-hydrogen) atoms. The predicted octanol–water partition coefficient (Wildman–Crippen LogP) is 2.43. The SMILES string of the molecule is COc1ccc(C(=O)NCc2ccc(-c3cnn(C)c3)nc2)c(OC)c1. The minimum atomic E-state index is -0.221. The Morgan fingerprint density at radius 1 is 1.15 bits per heavy atom. The number of benzene rings is 1. The summed E-state index contributed by atoms with van der Waals surface area (Å²) >= 11 is 0. The molecule has 0 bridgehead atoms. The van der Waals surface area contributed by atoms with E-state index in [1.807, 2.05) is 25.4 Å². The molecule has 0 radical (unpaired) electrons. The monoisotopic (exact) mass is 352 g/mol. The maximum Gasteiger partial charge on any atom is 0.255 e. The quantitative estimate of drug-likeness (QED) is 0.737. The number of nitrogens with one attached hydrogen (secondary N) is 1. The average molecular weight is 352 g/mol. The zero-order valence-electron chi connectivity index (χ0n) is 14.9. The molecule has 3 rings (SSSR count). The lowest BCUT2D eigenvalue weighted by Crippen LogP contribution is -2.23. The van der Waals surface area contributed by atoms with Gasteiger partial charge >= 0.3 is 0 Å². The summed E-state index contributed by atoms with van der Waals surface area (Å²) in [4.78, 5) is 16.8. The molecule has 3 aromatic rings. The second-order valence-electron chi connectivity index (χ2n) is 5.70. The molecule has 7 heteroatoms. The molecule has 2 heterocycles. The van der Waals surface area contributed by atoms with E-state index in [9.17, 15) is 4.79 Å². The molecule has 0 saturated carbocycles. The van der Waals surface area contributed by atoms with Gasteiger partial charge in [0.2, 0.25) is 0 Å². The molecule has 0 aliphatic carbocycles. The third-order valence-corrected chi connectivity index (χ3v) is 3.93. The molecule has 7 nitrogen and oxygen atoms in total. The fourth-order valence-corrected chi connectivity index (χ4v) is 2.52. The van der Waals surface area contributed by atoms with Gasteiger partial charge in [0.05, 0.1) is 31.7 Å². The Morgan fingerprint density at radius 3 is 2.62 bits per heavy atom. The van der Waals surface area contributed by atoms with Crippen LogP contribution in [0, 0.1) is 0 Å². The summed E-state index contributed by atoms with van der Waals surface area (Å²) in [6, 6.07) is 8.92. The van der Waals surface area contributed by atoms with Crippen molar-refractivity contribution in [3.8, 4) is 22.8 Å². The van der Waals surface area contributed by atoms with E-state index in [0.717, 1.165) is 16.8 Å². The third-order valence-electron chi connectivity index (χ3n) is 3.93. The van der Waals surface area contributed by atoms with Crippen LogP contribution in [0.4, 0.5) is 0 Å². The highest BCUT2D eigenvalue weighted by Crippen LogP contribution is 2.24. The number of rotatable bonds is 6. The maximum absolute atomic E-state index is 12.4. The average Bonchev–Trinajstić information content (AvgIpc) is 3.12. The molecule has 134 valence electrons. The topological polar surface area (TPSA) is 78.3 Å². The van der Waals surface area contributed by atoms with Crippen molar-refractivity contribution in [1.29, 1.82) is 0 Å². The summed E-state index contributed by atoms with van der Waals surface area (Å²) in [6.07, 6.45) is 5.41. The van der Waals surface area contributed by atoms with Gasteiger partial charge in [-0.15, -0.1) is 0 Å². The summed E-state index contributed by atoms with van der Waals surface area (Å²) in [5.41, 5.74) is 3.14. The van der Waals surface area contributed by atoms with Crippen molar-refractivity contribution in [2.75, 3.05) is 14.2 Å². The van der Waals surface area contributed by atoms with Gasteiger partial charge in [0.1, 0.15) is 11.5 Å². The summed E-state index contributed by atoms with van der Waals surface area (Å²) in [6.45, 7) is 0.369. The normalized spacial score (nSPS) is 10.4. The van der Waals surface area contributed by atoms with Crippen molar-refractivity contribution >= 4 is 5.91 Å². The van der Waals surface area contributed by atoms with E-state index in [4.69, 9.17) is 9.47 Å². The van der Waals surface area contributed by atoms with Crippen LogP contribution in [0.5, 0.6) is 11.5 Å². The molecule has 0 atom stereocenters. The van der Waals surface area contributed by atoms with Crippen LogP contribution in [-0.4, -0.2) is 34.9 Å². The Bertz CT molecular complexity index is 903. The van der Waals surface area contributed by atoms with Gasteiger partial charge in [0, 0.05) is 37.6 Å². The number of hydrogen-bond donors (Lipinski definition) is 1. The number of aryl methyl sites for hydroxylation is 1. The third kappa shape index (κ3) is 3.83. The highest BCUT2D eigenvalue weighted by atomic mass is 16.5. The van der Waals surface area contributed by atoms with Gasteiger partial charge in [-0.3, -0.25) is 14.5 Å². The molecule has 0 spiro atoms. The first-order valence-corrected chi connectivity index (χ1v) is 8.05. The number of nitrogens with zero attached hydrogens (tertiary/aromatic N) is 3. The largest absolute Gasteiger partial charge is 0.497 e. The number of pyridine rings is 1. The highest BCUT2D eigenvalue weighted by molar-refractivity contribution is 5.97. The Balaban J connectivity index is 1.66. The smallest absolute Gasteiger partial charge is 0.255 e. The van der Waals surface area contributed by atoms with Crippen LogP contribution >= 0.6 is 0 Å². The fraction of sp³-hybridized carbons (Fsp3) is 0.211. The fourth-order valence-electron chi connectivity index (χ4n) is 2.52. The van der Waals surface area contributed by atoms with Crippen LogP contribution in [0.1, 0.15) is 15.9 Å². The van der Waals surface area contributed by atoms with Crippen LogP contribution in [0.25, 0.3) is 11.3 Å². The van der Waals surface area contributed by atoms with Gasteiger partial charge in [-0.05, 0) is 23.8 Å². The summed E-state index contributed by atoms with van der Waals surface area (Å²) < 4.78 is 12.1. The van der Waals surface area contributed by atoms with E-state index in [1.165, 1.54) is 7.11 Å². The number of methoxy groups -OCH3 is 2. The second kappa shape index (κ2) is 7.69. The van der Waals surface area contributed by atoms with E-state index >= 15 is 0 Å². The van der Waals surface area contributed by atoms with Crippen molar-refractivity contribution in [1.82, 2.24) is 20.1 Å². The van der Waals surface area contributed by atoms with Crippen LogP contribution in [-0.2, 0) is 13.6 Å². The maximum atomic E-state index is 12.4. The van der Waals surface area contributed by atoms with Crippen molar-refractivity contribution in [3.05, 3.63) is 60.0 Å². The van der Waals surface area contributed by atoms with Gasteiger partial charge in [0.25, 0.3) is 5.91 Å². The number of ether oxygens (including phenoxy) is 2.